The third-order valence-corrected chi connectivity index (χ3v) is 3.28. The topological polar surface area (TPSA) is 75.6 Å². The van der Waals surface area contributed by atoms with Crippen molar-refractivity contribution < 1.29 is 19.4 Å². The van der Waals surface area contributed by atoms with Gasteiger partial charge in [-0.2, -0.15) is 0 Å². The van der Waals surface area contributed by atoms with Crippen molar-refractivity contribution in [3.8, 4) is 0 Å². The zero-order chi connectivity index (χ0) is 15.9. The fourth-order valence-electron chi connectivity index (χ4n) is 1.78. The first-order valence-corrected chi connectivity index (χ1v) is 7.06. The van der Waals surface area contributed by atoms with E-state index in [9.17, 15) is 14.7 Å². The lowest BCUT2D eigenvalue weighted by Crippen LogP contribution is -2.52. The quantitative estimate of drug-likeness (QED) is 0.809. The summed E-state index contributed by atoms with van der Waals surface area (Å²) in [5.41, 5.74) is -0.454. The van der Waals surface area contributed by atoms with Crippen LogP contribution >= 0.6 is 0 Å². The Bertz CT molecular complexity index is 472. The van der Waals surface area contributed by atoms with Crippen LogP contribution < -0.4 is 5.32 Å². The molecule has 2 N–H and O–H groups in total. The van der Waals surface area contributed by atoms with Crippen molar-refractivity contribution in [1.82, 2.24) is 5.32 Å². The molecule has 0 heterocycles. The van der Waals surface area contributed by atoms with E-state index >= 15 is 0 Å². The Balaban J connectivity index is 2.54. The van der Waals surface area contributed by atoms with Crippen molar-refractivity contribution in [1.29, 1.82) is 0 Å². The number of nitrogens with one attached hydrogen (secondary N) is 1. The second kappa shape index (κ2) is 7.67. The summed E-state index contributed by atoms with van der Waals surface area (Å²) in [6, 6.07) is 9.24. The van der Waals surface area contributed by atoms with Crippen molar-refractivity contribution in [3.05, 3.63) is 35.9 Å². The number of benzene rings is 1. The number of aliphatic carboxylic acids is 1. The summed E-state index contributed by atoms with van der Waals surface area (Å²) in [5, 5.41) is 11.8. The molecule has 0 aliphatic rings. The second-order valence-electron chi connectivity index (χ2n) is 5.76. The summed E-state index contributed by atoms with van der Waals surface area (Å²) in [6.45, 7) is 5.64. The van der Waals surface area contributed by atoms with Gasteiger partial charge in [-0.25, -0.2) is 9.59 Å². The van der Waals surface area contributed by atoms with E-state index in [1.807, 2.05) is 44.2 Å². The lowest BCUT2D eigenvalue weighted by Gasteiger charge is -2.26. The number of carboxylic acid groups (broad SMARTS) is 1. The monoisotopic (exact) mass is 293 g/mol. The minimum Gasteiger partial charge on any atom is -0.480 e. The van der Waals surface area contributed by atoms with E-state index in [0.29, 0.717) is 18.8 Å². The minimum atomic E-state index is -1.31. The van der Waals surface area contributed by atoms with Crippen molar-refractivity contribution >= 4 is 12.1 Å². The predicted octanol–water partition coefficient (Wildman–Crippen LogP) is 3.19. The highest BCUT2D eigenvalue weighted by Gasteiger charge is 2.35. The van der Waals surface area contributed by atoms with E-state index < -0.39 is 17.6 Å². The number of carboxylic acids is 1. The average molecular weight is 293 g/mol. The summed E-state index contributed by atoms with van der Waals surface area (Å²) >= 11 is 0. The molecule has 1 unspecified atom stereocenters. The molecule has 0 spiro atoms. The van der Waals surface area contributed by atoms with Crippen LogP contribution in [-0.4, -0.2) is 22.7 Å². The Hall–Kier alpha value is -2.04. The van der Waals surface area contributed by atoms with E-state index in [1.165, 1.54) is 6.92 Å². The van der Waals surface area contributed by atoms with Crippen molar-refractivity contribution in [2.75, 3.05) is 0 Å². The Morgan fingerprint density at radius 2 is 1.90 bits per heavy atom. The van der Waals surface area contributed by atoms with Crippen molar-refractivity contribution in [3.63, 3.8) is 0 Å². The summed E-state index contributed by atoms with van der Waals surface area (Å²) in [6.07, 6.45) is 0.356. The summed E-state index contributed by atoms with van der Waals surface area (Å²) in [7, 11) is 0. The van der Waals surface area contributed by atoms with Gasteiger partial charge in [0.15, 0.2) is 0 Å². The Kier molecular flexibility index (Phi) is 6.21. The molecule has 0 aromatic heterocycles. The maximum absolute atomic E-state index is 11.8. The van der Waals surface area contributed by atoms with E-state index in [0.717, 1.165) is 5.56 Å². The van der Waals surface area contributed by atoms with Gasteiger partial charge in [0.1, 0.15) is 12.1 Å². The van der Waals surface area contributed by atoms with Crippen LogP contribution in [0.15, 0.2) is 30.3 Å². The van der Waals surface area contributed by atoms with E-state index in [1.54, 1.807) is 0 Å². The number of rotatable bonds is 7. The zero-order valence-corrected chi connectivity index (χ0v) is 12.8. The Labute approximate surface area is 125 Å². The molecule has 1 aromatic rings. The van der Waals surface area contributed by atoms with Gasteiger partial charge in [0.25, 0.3) is 0 Å². The fourth-order valence-corrected chi connectivity index (χ4v) is 1.78. The first-order chi connectivity index (χ1) is 9.83. The van der Waals surface area contributed by atoms with Crippen LogP contribution in [0.5, 0.6) is 0 Å². The number of alkyl carbamates (subject to hydrolysis) is 1. The van der Waals surface area contributed by atoms with Crippen LogP contribution in [0.4, 0.5) is 4.79 Å². The molecular formula is C16H23NO4. The maximum atomic E-state index is 11.8. The molecule has 1 atom stereocenters. The molecule has 0 saturated carbocycles. The molecule has 0 saturated heterocycles. The van der Waals surface area contributed by atoms with Crippen LogP contribution in [0.3, 0.4) is 0 Å². The smallest absolute Gasteiger partial charge is 0.408 e. The number of carbonyl (C=O) groups is 2. The SMILES string of the molecule is CC(C)CCC(C)(NC(=O)OCc1ccccc1)C(=O)O. The molecule has 5 nitrogen and oxygen atoms in total. The minimum absolute atomic E-state index is 0.118. The molecule has 5 heteroatoms. The molecule has 0 aliphatic heterocycles. The summed E-state index contributed by atoms with van der Waals surface area (Å²) < 4.78 is 5.07. The van der Waals surface area contributed by atoms with E-state index in [-0.39, 0.29) is 6.61 Å². The van der Waals surface area contributed by atoms with Gasteiger partial charge < -0.3 is 15.2 Å². The third-order valence-electron chi connectivity index (χ3n) is 3.28. The number of hydrogen-bond acceptors (Lipinski definition) is 3. The first-order valence-electron chi connectivity index (χ1n) is 7.06. The van der Waals surface area contributed by atoms with Gasteiger partial charge in [-0.05, 0) is 31.2 Å². The van der Waals surface area contributed by atoms with Crippen LogP contribution in [0.25, 0.3) is 0 Å². The van der Waals surface area contributed by atoms with Crippen molar-refractivity contribution in [2.45, 2.75) is 45.8 Å². The molecule has 1 amide bonds. The second-order valence-corrected chi connectivity index (χ2v) is 5.76. The maximum Gasteiger partial charge on any atom is 0.408 e. The Morgan fingerprint density at radius 3 is 2.43 bits per heavy atom. The molecule has 21 heavy (non-hydrogen) atoms. The molecule has 116 valence electrons. The predicted molar refractivity (Wildman–Crippen MR) is 79.9 cm³/mol. The highest BCUT2D eigenvalue weighted by Crippen LogP contribution is 2.17. The van der Waals surface area contributed by atoms with Gasteiger partial charge in [-0.15, -0.1) is 0 Å². The lowest BCUT2D eigenvalue weighted by atomic mass is 9.92. The molecule has 0 radical (unpaired) electrons. The van der Waals surface area contributed by atoms with Crippen molar-refractivity contribution in [2.24, 2.45) is 5.92 Å². The molecule has 0 bridgehead atoms. The molecule has 1 aromatic carbocycles. The normalized spacial score (nSPS) is 13.5. The Morgan fingerprint density at radius 1 is 1.29 bits per heavy atom. The summed E-state index contributed by atoms with van der Waals surface area (Å²) in [4.78, 5) is 23.2. The van der Waals surface area contributed by atoms with E-state index in [4.69, 9.17) is 4.74 Å². The zero-order valence-electron chi connectivity index (χ0n) is 12.8. The van der Waals surface area contributed by atoms with Gasteiger partial charge in [-0.3, -0.25) is 0 Å². The fraction of sp³-hybridized carbons (Fsp3) is 0.500. The van der Waals surface area contributed by atoms with Crippen LogP contribution in [0.1, 0.15) is 39.2 Å². The van der Waals surface area contributed by atoms with Gasteiger partial charge in [0.2, 0.25) is 0 Å². The molecule has 0 fully saturated rings. The van der Waals surface area contributed by atoms with Gasteiger partial charge >= 0.3 is 12.1 Å². The van der Waals surface area contributed by atoms with Crippen LogP contribution in [0.2, 0.25) is 0 Å². The molecule has 0 aliphatic carbocycles. The number of carbonyl (C=O) groups excluding carboxylic acids is 1. The van der Waals surface area contributed by atoms with Crippen LogP contribution in [-0.2, 0) is 16.1 Å². The van der Waals surface area contributed by atoms with Gasteiger partial charge in [0.05, 0.1) is 0 Å². The third kappa shape index (κ3) is 5.85. The standard InChI is InChI=1S/C16H23NO4/c1-12(2)9-10-16(3,14(18)19)17-15(20)21-11-13-7-5-4-6-8-13/h4-8,12H,9-11H2,1-3H3,(H,17,20)(H,18,19). The molecule has 1 rings (SSSR count). The van der Waals surface area contributed by atoms with Crippen LogP contribution in [0, 0.1) is 5.92 Å². The van der Waals surface area contributed by atoms with Gasteiger partial charge in [0, 0.05) is 0 Å². The largest absolute Gasteiger partial charge is 0.480 e. The first kappa shape index (κ1) is 17.0. The summed E-state index contributed by atoms with van der Waals surface area (Å²) in [5.74, 6) is -0.689. The number of hydrogen-bond donors (Lipinski definition) is 2. The number of ether oxygens (including phenoxy) is 1. The highest BCUT2D eigenvalue weighted by atomic mass is 16.5. The number of amides is 1. The molecular weight excluding hydrogens is 270 g/mol. The van der Waals surface area contributed by atoms with Gasteiger partial charge in [-0.1, -0.05) is 44.2 Å². The highest BCUT2D eigenvalue weighted by molar-refractivity contribution is 5.83. The average Bonchev–Trinajstić information content (AvgIpc) is 2.44. The lowest BCUT2D eigenvalue weighted by molar-refractivity contribution is -0.144. The van der Waals surface area contributed by atoms with E-state index in [2.05, 4.69) is 5.32 Å².